The maximum atomic E-state index is 12.6. The zero-order valence-electron chi connectivity index (χ0n) is 15.4. The van der Waals surface area contributed by atoms with Gasteiger partial charge < -0.3 is 5.32 Å². The van der Waals surface area contributed by atoms with E-state index in [1.165, 1.54) is 39.4 Å². The molecule has 146 valence electrons. The Hall–Kier alpha value is -3.73. The van der Waals surface area contributed by atoms with Crippen LogP contribution in [0.5, 0.6) is 0 Å². The number of carbonyl (C=O) groups excluding carboxylic acids is 1. The van der Waals surface area contributed by atoms with Crippen molar-refractivity contribution in [2.24, 2.45) is 0 Å². The molecule has 0 atom stereocenters. The Bertz CT molecular complexity index is 1180. The van der Waals surface area contributed by atoms with Crippen LogP contribution < -0.4 is 10.9 Å². The Kier molecular flexibility index (Phi) is 5.20. The molecule has 0 saturated carbocycles. The topological polar surface area (TPSA) is 120 Å². The monoisotopic (exact) mass is 408 g/mol. The van der Waals surface area contributed by atoms with Gasteiger partial charge in [0.2, 0.25) is 0 Å². The number of nitrogens with zero attached hydrogens (tertiary/aromatic N) is 7. The fraction of sp³-hybridized carbons (Fsp3) is 0.167. The number of hydrogen-bond donors (Lipinski definition) is 1. The van der Waals surface area contributed by atoms with E-state index in [1.807, 2.05) is 12.1 Å². The zero-order valence-corrected chi connectivity index (χ0v) is 16.2. The highest BCUT2D eigenvalue weighted by Gasteiger charge is 2.16. The summed E-state index contributed by atoms with van der Waals surface area (Å²) in [5.74, 6) is 0.225. The van der Waals surface area contributed by atoms with E-state index in [4.69, 9.17) is 0 Å². The van der Waals surface area contributed by atoms with Crippen molar-refractivity contribution in [2.45, 2.75) is 13.5 Å². The maximum absolute atomic E-state index is 12.6. The number of pyridine rings is 1. The summed E-state index contributed by atoms with van der Waals surface area (Å²) in [5, 5.41) is 11.8. The van der Waals surface area contributed by atoms with Gasteiger partial charge in [-0.3, -0.25) is 14.6 Å². The van der Waals surface area contributed by atoms with E-state index >= 15 is 0 Å². The number of rotatable bonds is 6. The molecule has 10 nitrogen and oxygen atoms in total. The van der Waals surface area contributed by atoms with Gasteiger partial charge in [0.1, 0.15) is 22.5 Å². The van der Waals surface area contributed by atoms with E-state index in [0.717, 1.165) is 10.6 Å². The molecular weight excluding hydrogens is 392 g/mol. The predicted octanol–water partition coefficient (Wildman–Crippen LogP) is 1.08. The van der Waals surface area contributed by atoms with Gasteiger partial charge in [0.05, 0.1) is 12.2 Å². The smallest absolute Gasteiger partial charge is 0.266 e. The summed E-state index contributed by atoms with van der Waals surface area (Å²) in [6, 6.07) is 6.68. The summed E-state index contributed by atoms with van der Waals surface area (Å²) < 4.78 is 2.73. The first-order valence-corrected chi connectivity index (χ1v) is 9.52. The van der Waals surface area contributed by atoms with E-state index < -0.39 is 0 Å². The Labute approximate surface area is 168 Å². The summed E-state index contributed by atoms with van der Waals surface area (Å²) >= 11 is 1.30. The summed E-state index contributed by atoms with van der Waals surface area (Å²) in [5.41, 5.74) is 1.24. The average molecular weight is 408 g/mol. The van der Waals surface area contributed by atoms with Crippen molar-refractivity contribution in [1.82, 2.24) is 39.8 Å². The molecule has 4 aromatic heterocycles. The Morgan fingerprint density at radius 3 is 2.90 bits per heavy atom. The number of aromatic nitrogens is 7. The normalized spacial score (nSPS) is 10.8. The minimum Gasteiger partial charge on any atom is -0.349 e. The van der Waals surface area contributed by atoms with Crippen LogP contribution in [0.3, 0.4) is 0 Å². The highest BCUT2D eigenvalue weighted by molar-refractivity contribution is 7.17. The highest BCUT2D eigenvalue weighted by Crippen LogP contribution is 2.27. The summed E-state index contributed by atoms with van der Waals surface area (Å²) in [6.45, 7) is 2.26. The largest absolute Gasteiger partial charge is 0.349 e. The van der Waals surface area contributed by atoms with Crippen molar-refractivity contribution >= 4 is 17.2 Å². The van der Waals surface area contributed by atoms with Crippen LogP contribution >= 0.6 is 11.3 Å². The molecule has 0 aliphatic heterocycles. The molecule has 1 amide bonds. The minimum atomic E-state index is -0.268. The molecular formula is C18H16N8O2S. The lowest BCUT2D eigenvalue weighted by Gasteiger charge is -2.07. The quantitative estimate of drug-likeness (QED) is 0.507. The zero-order chi connectivity index (χ0) is 20.2. The maximum Gasteiger partial charge on any atom is 0.266 e. The fourth-order valence-electron chi connectivity index (χ4n) is 2.62. The lowest BCUT2D eigenvalue weighted by Crippen LogP contribution is -2.32. The molecule has 0 aliphatic rings. The molecule has 0 saturated heterocycles. The van der Waals surface area contributed by atoms with Crippen molar-refractivity contribution in [3.05, 3.63) is 70.2 Å². The van der Waals surface area contributed by atoms with Crippen molar-refractivity contribution in [2.75, 3.05) is 6.54 Å². The van der Waals surface area contributed by atoms with E-state index in [1.54, 1.807) is 25.4 Å². The molecule has 29 heavy (non-hydrogen) atoms. The van der Waals surface area contributed by atoms with Gasteiger partial charge in [-0.25, -0.2) is 19.3 Å². The Morgan fingerprint density at radius 2 is 2.14 bits per heavy atom. The molecule has 4 heterocycles. The third-order valence-electron chi connectivity index (χ3n) is 4.03. The first-order valence-electron chi connectivity index (χ1n) is 8.71. The summed E-state index contributed by atoms with van der Waals surface area (Å²) in [7, 11) is 0. The molecule has 0 bridgehead atoms. The second kappa shape index (κ2) is 8.10. The van der Waals surface area contributed by atoms with Crippen molar-refractivity contribution in [1.29, 1.82) is 0 Å². The first-order chi connectivity index (χ1) is 14.1. The number of nitrogens with one attached hydrogen (secondary N) is 1. The van der Waals surface area contributed by atoms with E-state index in [2.05, 4.69) is 30.5 Å². The van der Waals surface area contributed by atoms with Crippen molar-refractivity contribution in [3.8, 4) is 16.4 Å². The van der Waals surface area contributed by atoms with E-state index in [0.29, 0.717) is 16.4 Å². The van der Waals surface area contributed by atoms with Crippen LogP contribution in [0.1, 0.15) is 15.4 Å². The van der Waals surface area contributed by atoms with Crippen molar-refractivity contribution < 1.29 is 4.79 Å². The van der Waals surface area contributed by atoms with Gasteiger partial charge in [-0.2, -0.15) is 5.10 Å². The standard InChI is InChI=1S/C18H16N8O2S/c1-12-16(29-18(23-12)13-3-2-6-19-9-13)17(28)21-7-8-25-15(27)5-4-14(24-25)26-11-20-10-22-26/h2-6,9-11H,7-8H2,1H3,(H,21,28). The molecule has 1 N–H and O–H groups in total. The van der Waals surface area contributed by atoms with E-state index in [9.17, 15) is 9.59 Å². The number of carbonyl (C=O) groups is 1. The molecule has 11 heteroatoms. The minimum absolute atomic E-state index is 0.223. The number of hydrogen-bond acceptors (Lipinski definition) is 8. The van der Waals surface area contributed by atoms with Crippen LogP contribution in [0.25, 0.3) is 16.4 Å². The number of amides is 1. The van der Waals surface area contributed by atoms with Crippen LogP contribution in [0.4, 0.5) is 0 Å². The van der Waals surface area contributed by atoms with Gasteiger partial charge in [0, 0.05) is 30.6 Å². The summed E-state index contributed by atoms with van der Waals surface area (Å²) in [6.07, 6.45) is 6.27. The number of thiazole rings is 1. The molecule has 4 rings (SSSR count). The molecule has 0 spiro atoms. The van der Waals surface area contributed by atoms with Crippen LogP contribution in [0.15, 0.2) is 54.1 Å². The van der Waals surface area contributed by atoms with Crippen molar-refractivity contribution in [3.63, 3.8) is 0 Å². The van der Waals surface area contributed by atoms with E-state index in [-0.39, 0.29) is 24.6 Å². The predicted molar refractivity (Wildman–Crippen MR) is 106 cm³/mol. The molecule has 0 unspecified atom stereocenters. The van der Waals surface area contributed by atoms with Crippen LogP contribution in [-0.4, -0.2) is 47.0 Å². The third kappa shape index (κ3) is 4.09. The molecule has 0 aliphatic carbocycles. The average Bonchev–Trinajstić information content (AvgIpc) is 3.40. The summed E-state index contributed by atoms with van der Waals surface area (Å²) in [4.78, 5) is 37.5. The molecule has 4 aromatic rings. The van der Waals surface area contributed by atoms with Gasteiger partial charge in [-0.05, 0) is 25.1 Å². The first kappa shape index (κ1) is 18.6. The van der Waals surface area contributed by atoms with Gasteiger partial charge >= 0.3 is 0 Å². The Morgan fingerprint density at radius 1 is 1.24 bits per heavy atom. The van der Waals surface area contributed by atoms with Crippen LogP contribution in [-0.2, 0) is 6.54 Å². The van der Waals surface area contributed by atoms with Gasteiger partial charge in [0.15, 0.2) is 5.82 Å². The van der Waals surface area contributed by atoms with Crippen LogP contribution in [0, 0.1) is 6.92 Å². The molecule has 0 radical (unpaired) electrons. The molecule has 0 fully saturated rings. The third-order valence-corrected chi connectivity index (χ3v) is 5.23. The second-order valence-electron chi connectivity index (χ2n) is 6.02. The Balaban J connectivity index is 1.43. The fourth-order valence-corrected chi connectivity index (χ4v) is 3.60. The van der Waals surface area contributed by atoms with Gasteiger partial charge in [-0.1, -0.05) is 0 Å². The lowest BCUT2D eigenvalue weighted by atomic mass is 10.3. The van der Waals surface area contributed by atoms with Crippen LogP contribution in [0.2, 0.25) is 0 Å². The molecule has 0 aromatic carbocycles. The lowest BCUT2D eigenvalue weighted by molar-refractivity contribution is 0.0955. The highest BCUT2D eigenvalue weighted by atomic mass is 32.1. The van der Waals surface area contributed by atoms with Gasteiger partial charge in [0.25, 0.3) is 11.5 Å². The SMILES string of the molecule is Cc1nc(-c2cccnc2)sc1C(=O)NCCn1nc(-n2cncn2)ccc1=O. The second-order valence-corrected chi connectivity index (χ2v) is 7.02. The number of aryl methyl sites for hydroxylation is 1. The van der Waals surface area contributed by atoms with Gasteiger partial charge in [-0.15, -0.1) is 16.4 Å².